The van der Waals surface area contributed by atoms with E-state index >= 15 is 0 Å². The van der Waals surface area contributed by atoms with Gasteiger partial charge in [-0.15, -0.1) is 0 Å². The van der Waals surface area contributed by atoms with Crippen molar-refractivity contribution in [3.8, 4) is 33.4 Å². The number of unbranched alkanes of at least 4 members (excludes halogenated alkanes) is 2. The molecule has 0 radical (unpaired) electrons. The van der Waals surface area contributed by atoms with E-state index in [9.17, 15) is 28.8 Å². The number of aromatic nitrogens is 4. The third-order valence-electron chi connectivity index (χ3n) is 15.1. The van der Waals surface area contributed by atoms with Crippen molar-refractivity contribution in [2.45, 2.75) is 97.3 Å². The summed E-state index contributed by atoms with van der Waals surface area (Å²) in [6.45, 7) is 9.16. The van der Waals surface area contributed by atoms with Gasteiger partial charge in [0, 0.05) is 55.9 Å². The molecule has 2 saturated heterocycles. The van der Waals surface area contributed by atoms with Gasteiger partial charge in [0.05, 0.1) is 23.5 Å². The maximum absolute atomic E-state index is 13.2. The molecule has 2 aromatic heterocycles. The number of hydrogen-bond acceptors (Lipinski definition) is 12. The van der Waals surface area contributed by atoms with E-state index < -0.39 is 35.7 Å². The maximum atomic E-state index is 13.2. The van der Waals surface area contributed by atoms with E-state index in [2.05, 4.69) is 72.8 Å². The van der Waals surface area contributed by atoms with Crippen molar-refractivity contribution in [3.63, 3.8) is 0 Å². The highest BCUT2D eigenvalue weighted by Crippen LogP contribution is 2.58. The van der Waals surface area contributed by atoms with Crippen molar-refractivity contribution < 1.29 is 28.8 Å². The van der Waals surface area contributed by atoms with Gasteiger partial charge in [0.15, 0.2) is 0 Å². The number of hydrogen-bond donors (Lipinski definition) is 0. The zero-order valence-electron chi connectivity index (χ0n) is 41.5. The SMILES string of the molecule is CCCCC(CC)CC1(CC(CC)CCCC)c2cc(-c3ccc(C=C4C(=O)N(C)C(=O)N(C)C4=O)c4nsnc34)ccc2-c2ccc(-c3ccc(C=C4C(=O)N(C)C(=O)N(C)C4=O)c4nsnc34)cc21. The largest absolute Gasteiger partial charge is 0.333 e. The third kappa shape index (κ3) is 8.47. The third-order valence-corrected chi connectivity index (χ3v) is 16.2. The van der Waals surface area contributed by atoms with E-state index in [0.29, 0.717) is 45.0 Å². The second kappa shape index (κ2) is 19.8. The fraction of sp³-hybridized carbons (Fsp3) is 0.382. The molecule has 6 aromatic rings. The Morgan fingerprint density at radius 2 is 0.845 bits per heavy atom. The minimum absolute atomic E-state index is 0.120. The van der Waals surface area contributed by atoms with Crippen LogP contribution in [0.2, 0.25) is 0 Å². The standard InChI is InChI=1S/C55H58N8O6S2/c1-9-13-15-31(11-3)29-55(30-32(12-4)16-14-10-2)43-27-33(37-21-19-35(45-47(37)58-70-56-45)25-41-49(64)60(5)53(68)61(6)50(41)65)17-23-39(43)40-24-18-34(28-44(40)55)38-22-20-36(46-48(38)59-71-57-46)26-42-51(66)62(7)54(69)63(8)52(42)67/h17-28,31-32H,9-16,29-30H2,1-8H3. The van der Waals surface area contributed by atoms with Crippen LogP contribution in [0.5, 0.6) is 0 Å². The van der Waals surface area contributed by atoms with Crippen LogP contribution in [0.15, 0.2) is 71.8 Å². The average molecular weight is 991 g/mol. The van der Waals surface area contributed by atoms with Crippen molar-refractivity contribution >= 4 is 93.4 Å². The van der Waals surface area contributed by atoms with Crippen LogP contribution in [0.4, 0.5) is 9.59 Å². The van der Waals surface area contributed by atoms with Gasteiger partial charge in [-0.3, -0.25) is 38.8 Å². The minimum atomic E-state index is -0.682. The molecule has 2 atom stereocenters. The normalized spacial score (nSPS) is 16.7. The lowest BCUT2D eigenvalue weighted by Crippen LogP contribution is -2.52. The van der Waals surface area contributed by atoms with Crippen LogP contribution < -0.4 is 0 Å². The van der Waals surface area contributed by atoms with Gasteiger partial charge >= 0.3 is 12.1 Å². The second-order valence-corrected chi connectivity index (χ2v) is 20.4. The van der Waals surface area contributed by atoms with Gasteiger partial charge in [0.25, 0.3) is 23.6 Å². The molecule has 0 bridgehead atoms. The van der Waals surface area contributed by atoms with E-state index in [4.69, 9.17) is 8.75 Å². The molecule has 0 N–H and O–H groups in total. The van der Waals surface area contributed by atoms with Crippen molar-refractivity contribution in [3.05, 3.63) is 94.1 Å². The summed E-state index contributed by atoms with van der Waals surface area (Å²) in [4.78, 5) is 81.7. The van der Waals surface area contributed by atoms with E-state index in [-0.39, 0.29) is 16.6 Å². The number of carbonyl (C=O) groups excluding carboxylic acids is 6. The number of benzene rings is 4. The molecule has 4 heterocycles. The number of amides is 8. The molecule has 1 aliphatic carbocycles. The molecule has 8 amide bonds. The fourth-order valence-corrected chi connectivity index (χ4v) is 12.1. The van der Waals surface area contributed by atoms with Crippen LogP contribution in [0.25, 0.3) is 67.6 Å². The molecular weight excluding hydrogens is 933 g/mol. The van der Waals surface area contributed by atoms with Crippen LogP contribution in [-0.4, -0.2) is 101 Å². The Balaban J connectivity index is 1.20. The molecule has 4 aromatic carbocycles. The monoisotopic (exact) mass is 990 g/mol. The minimum Gasteiger partial charge on any atom is -0.268 e. The first-order chi connectivity index (χ1) is 34.2. The van der Waals surface area contributed by atoms with Gasteiger partial charge in [0.2, 0.25) is 0 Å². The first-order valence-corrected chi connectivity index (χ1v) is 26.1. The van der Waals surface area contributed by atoms with E-state index in [1.165, 1.54) is 62.6 Å². The molecule has 16 heteroatoms. The van der Waals surface area contributed by atoms with Crippen LogP contribution >= 0.6 is 23.5 Å². The highest BCUT2D eigenvalue weighted by atomic mass is 32.1. The first-order valence-electron chi connectivity index (χ1n) is 24.6. The van der Waals surface area contributed by atoms with Gasteiger partial charge in [-0.05, 0) is 82.3 Å². The van der Waals surface area contributed by atoms with Crippen LogP contribution in [0.1, 0.15) is 114 Å². The predicted molar refractivity (Wildman–Crippen MR) is 279 cm³/mol. The van der Waals surface area contributed by atoms with Crippen LogP contribution in [0, 0.1) is 11.8 Å². The molecule has 71 heavy (non-hydrogen) atoms. The Hall–Kier alpha value is -6.78. The van der Waals surface area contributed by atoms with Crippen LogP contribution in [-0.2, 0) is 24.6 Å². The number of imide groups is 4. The summed E-state index contributed by atoms with van der Waals surface area (Å²) in [5.41, 5.74) is 11.7. The zero-order valence-corrected chi connectivity index (χ0v) is 43.1. The van der Waals surface area contributed by atoms with Gasteiger partial charge in [0.1, 0.15) is 33.2 Å². The Morgan fingerprint density at radius 1 is 0.493 bits per heavy atom. The molecule has 2 fully saturated rings. The van der Waals surface area contributed by atoms with Gasteiger partial charge in [-0.1, -0.05) is 128 Å². The summed E-state index contributed by atoms with van der Waals surface area (Å²) in [7, 11) is 5.45. The lowest BCUT2D eigenvalue weighted by atomic mass is 9.64. The van der Waals surface area contributed by atoms with Gasteiger partial charge in [-0.25, -0.2) is 9.59 Å². The van der Waals surface area contributed by atoms with Gasteiger partial charge < -0.3 is 0 Å². The maximum Gasteiger partial charge on any atom is 0.333 e. The zero-order chi connectivity index (χ0) is 50.5. The molecule has 2 unspecified atom stereocenters. The molecule has 3 aliphatic rings. The van der Waals surface area contributed by atoms with Gasteiger partial charge in [-0.2, -0.15) is 17.5 Å². The number of rotatable bonds is 16. The van der Waals surface area contributed by atoms with E-state index in [0.717, 1.165) is 130 Å². The Labute approximate surface area is 422 Å². The van der Waals surface area contributed by atoms with Crippen LogP contribution in [0.3, 0.4) is 0 Å². The number of nitrogens with zero attached hydrogens (tertiary/aromatic N) is 8. The number of carbonyl (C=O) groups is 6. The summed E-state index contributed by atoms with van der Waals surface area (Å²) < 4.78 is 19.0. The lowest BCUT2D eigenvalue weighted by Gasteiger charge is -2.39. The Bertz CT molecular complexity index is 2980. The lowest BCUT2D eigenvalue weighted by molar-refractivity contribution is -0.135. The summed E-state index contributed by atoms with van der Waals surface area (Å²) >= 11 is 2.15. The predicted octanol–water partition coefficient (Wildman–Crippen LogP) is 11.4. The number of urea groups is 2. The van der Waals surface area contributed by atoms with Crippen molar-refractivity contribution in [2.75, 3.05) is 28.2 Å². The smallest absolute Gasteiger partial charge is 0.268 e. The van der Waals surface area contributed by atoms with E-state index in [1.54, 1.807) is 0 Å². The molecule has 0 saturated carbocycles. The Kier molecular flexibility index (Phi) is 13.7. The highest BCUT2D eigenvalue weighted by molar-refractivity contribution is 7.00. The Morgan fingerprint density at radius 3 is 1.20 bits per heavy atom. The molecule has 2 aliphatic heterocycles. The molecule has 9 rings (SSSR count). The number of barbiturate groups is 2. The summed E-state index contributed by atoms with van der Waals surface area (Å²) in [6, 6.07) is 20.0. The van der Waals surface area contributed by atoms with Crippen molar-refractivity contribution in [1.29, 1.82) is 0 Å². The topological polar surface area (TPSA) is 167 Å². The fourth-order valence-electron chi connectivity index (χ4n) is 11.0. The van der Waals surface area contributed by atoms with Crippen molar-refractivity contribution in [2.24, 2.45) is 11.8 Å². The quantitative estimate of drug-likeness (QED) is 0.0672. The highest BCUT2D eigenvalue weighted by Gasteiger charge is 2.46. The average Bonchev–Trinajstić information content (AvgIpc) is 4.15. The molecule has 14 nitrogen and oxygen atoms in total. The summed E-state index contributed by atoms with van der Waals surface area (Å²) in [6.07, 6.45) is 13.9. The van der Waals surface area contributed by atoms with Crippen molar-refractivity contribution in [1.82, 2.24) is 37.1 Å². The summed E-state index contributed by atoms with van der Waals surface area (Å²) in [5, 5.41) is 0. The molecular formula is C55H58N8O6S2. The summed E-state index contributed by atoms with van der Waals surface area (Å²) in [5.74, 6) is -1.75. The molecule has 0 spiro atoms. The van der Waals surface area contributed by atoms with E-state index in [1.807, 2.05) is 24.3 Å². The number of likely N-dealkylation sites (N-methyl/N-ethyl adjacent to an activating group) is 4. The first kappa shape index (κ1) is 49.2. The number of fused-ring (bicyclic) bond motifs is 5. The second-order valence-electron chi connectivity index (χ2n) is 19.3. The molecule has 366 valence electrons.